The van der Waals surface area contributed by atoms with Gasteiger partial charge in [0.25, 0.3) is 0 Å². The first-order valence-electron chi connectivity index (χ1n) is 6.75. The second kappa shape index (κ2) is 5.48. The fourth-order valence-corrected chi connectivity index (χ4v) is 3.36. The minimum atomic E-state index is -0.284. The van der Waals surface area contributed by atoms with Crippen molar-refractivity contribution >= 4 is 21.6 Å². The number of pyridine rings is 1. The molecule has 5 nitrogen and oxygen atoms in total. The van der Waals surface area contributed by atoms with Gasteiger partial charge in [-0.3, -0.25) is 4.98 Å². The molecule has 0 bridgehead atoms. The maximum atomic E-state index is 6.15. The summed E-state index contributed by atoms with van der Waals surface area (Å²) in [6, 6.07) is 3.51. The van der Waals surface area contributed by atoms with Gasteiger partial charge in [-0.1, -0.05) is 0 Å². The number of aryl methyl sites for hydroxylation is 2. The van der Waals surface area contributed by atoms with E-state index in [1.54, 1.807) is 23.7 Å². The predicted octanol–water partition coefficient (Wildman–Crippen LogP) is 2.33. The maximum absolute atomic E-state index is 6.15. The van der Waals surface area contributed by atoms with Crippen molar-refractivity contribution in [3.8, 4) is 11.4 Å². The SMILES string of the molecule is Cc1sc2c(C(N)CN)nc(-c3ccncc3)nc2c1C. The maximum Gasteiger partial charge on any atom is 0.160 e. The molecular weight excluding hydrogens is 282 g/mol. The largest absolute Gasteiger partial charge is 0.329 e. The third kappa shape index (κ3) is 2.42. The van der Waals surface area contributed by atoms with Crippen molar-refractivity contribution in [1.29, 1.82) is 0 Å². The number of thiophene rings is 1. The van der Waals surface area contributed by atoms with Crippen molar-refractivity contribution < 1.29 is 0 Å². The van der Waals surface area contributed by atoms with Crippen LogP contribution in [0.5, 0.6) is 0 Å². The van der Waals surface area contributed by atoms with Crippen LogP contribution in [-0.2, 0) is 0 Å². The number of hydrogen-bond acceptors (Lipinski definition) is 6. The summed E-state index contributed by atoms with van der Waals surface area (Å²) >= 11 is 1.68. The van der Waals surface area contributed by atoms with Crippen LogP contribution in [-0.4, -0.2) is 21.5 Å². The van der Waals surface area contributed by atoms with Gasteiger partial charge < -0.3 is 11.5 Å². The van der Waals surface area contributed by atoms with E-state index in [9.17, 15) is 0 Å². The van der Waals surface area contributed by atoms with Crippen LogP contribution in [0.3, 0.4) is 0 Å². The molecule has 0 radical (unpaired) electrons. The fraction of sp³-hybridized carbons (Fsp3) is 0.267. The predicted molar refractivity (Wildman–Crippen MR) is 86.1 cm³/mol. The highest BCUT2D eigenvalue weighted by molar-refractivity contribution is 7.19. The van der Waals surface area contributed by atoms with E-state index in [-0.39, 0.29) is 6.04 Å². The molecule has 0 spiro atoms. The van der Waals surface area contributed by atoms with Gasteiger partial charge in [0.05, 0.1) is 22.0 Å². The van der Waals surface area contributed by atoms with Crippen molar-refractivity contribution in [1.82, 2.24) is 15.0 Å². The number of hydrogen-bond donors (Lipinski definition) is 2. The standard InChI is InChI=1S/C15H17N5S/c1-8-9(2)21-14-12(8)19-15(10-3-5-18-6-4-10)20-13(14)11(17)7-16/h3-6,11H,7,16-17H2,1-2H3. The lowest BCUT2D eigenvalue weighted by molar-refractivity contribution is 0.718. The van der Waals surface area contributed by atoms with Crippen LogP contribution in [0.15, 0.2) is 24.5 Å². The van der Waals surface area contributed by atoms with Gasteiger partial charge >= 0.3 is 0 Å². The van der Waals surface area contributed by atoms with Crippen molar-refractivity contribution in [2.45, 2.75) is 19.9 Å². The summed E-state index contributed by atoms with van der Waals surface area (Å²) in [5.41, 5.74) is 15.8. The van der Waals surface area contributed by atoms with Crippen LogP contribution in [0.2, 0.25) is 0 Å². The zero-order chi connectivity index (χ0) is 15.0. The third-order valence-corrected chi connectivity index (χ3v) is 4.79. The van der Waals surface area contributed by atoms with E-state index in [2.05, 4.69) is 23.8 Å². The summed E-state index contributed by atoms with van der Waals surface area (Å²) in [5.74, 6) is 0.671. The number of aromatic nitrogens is 3. The lowest BCUT2D eigenvalue weighted by Gasteiger charge is -2.11. The van der Waals surface area contributed by atoms with E-state index in [1.807, 2.05) is 12.1 Å². The molecule has 0 saturated heterocycles. The van der Waals surface area contributed by atoms with Crippen LogP contribution in [0.1, 0.15) is 22.2 Å². The first kappa shape index (κ1) is 14.1. The molecule has 0 fully saturated rings. The zero-order valence-corrected chi connectivity index (χ0v) is 12.8. The molecule has 108 valence electrons. The smallest absolute Gasteiger partial charge is 0.160 e. The van der Waals surface area contributed by atoms with E-state index in [0.717, 1.165) is 21.5 Å². The molecule has 21 heavy (non-hydrogen) atoms. The molecule has 3 aromatic heterocycles. The molecule has 1 unspecified atom stereocenters. The average Bonchev–Trinajstić information content (AvgIpc) is 2.82. The van der Waals surface area contributed by atoms with Crippen molar-refractivity contribution in [2.75, 3.05) is 6.54 Å². The van der Waals surface area contributed by atoms with E-state index in [0.29, 0.717) is 12.4 Å². The lowest BCUT2D eigenvalue weighted by atomic mass is 10.1. The molecule has 3 rings (SSSR count). The summed E-state index contributed by atoms with van der Waals surface area (Å²) in [5, 5.41) is 0. The van der Waals surface area contributed by atoms with E-state index >= 15 is 0 Å². The third-order valence-electron chi connectivity index (χ3n) is 3.57. The van der Waals surface area contributed by atoms with Gasteiger partial charge in [0.2, 0.25) is 0 Å². The lowest BCUT2D eigenvalue weighted by Crippen LogP contribution is -2.22. The Morgan fingerprint density at radius 1 is 1.19 bits per heavy atom. The van der Waals surface area contributed by atoms with Crippen LogP contribution in [0.4, 0.5) is 0 Å². The average molecular weight is 299 g/mol. The van der Waals surface area contributed by atoms with Gasteiger partial charge in [0.15, 0.2) is 5.82 Å². The van der Waals surface area contributed by atoms with E-state index in [4.69, 9.17) is 16.5 Å². The summed E-state index contributed by atoms with van der Waals surface area (Å²) in [4.78, 5) is 14.6. The normalized spacial score (nSPS) is 12.8. The first-order valence-corrected chi connectivity index (χ1v) is 7.57. The molecule has 6 heteroatoms. The highest BCUT2D eigenvalue weighted by Gasteiger charge is 2.18. The molecule has 3 heterocycles. The fourth-order valence-electron chi connectivity index (χ4n) is 2.21. The van der Waals surface area contributed by atoms with Crippen LogP contribution in [0.25, 0.3) is 21.6 Å². The highest BCUT2D eigenvalue weighted by atomic mass is 32.1. The Balaban J connectivity index is 2.30. The number of fused-ring (bicyclic) bond motifs is 1. The Morgan fingerprint density at radius 3 is 2.57 bits per heavy atom. The van der Waals surface area contributed by atoms with Crippen molar-refractivity contribution in [2.24, 2.45) is 11.5 Å². The van der Waals surface area contributed by atoms with E-state index in [1.165, 1.54) is 10.4 Å². The molecule has 0 aliphatic heterocycles. The minimum absolute atomic E-state index is 0.284. The quantitative estimate of drug-likeness (QED) is 0.774. The van der Waals surface area contributed by atoms with Gasteiger partial charge in [0, 0.05) is 29.4 Å². The van der Waals surface area contributed by atoms with Crippen molar-refractivity contribution in [3.63, 3.8) is 0 Å². The van der Waals surface area contributed by atoms with Crippen LogP contribution < -0.4 is 11.5 Å². The number of rotatable bonds is 3. The monoisotopic (exact) mass is 299 g/mol. The van der Waals surface area contributed by atoms with Crippen LogP contribution in [0, 0.1) is 13.8 Å². The summed E-state index contributed by atoms with van der Waals surface area (Å²) in [7, 11) is 0. The minimum Gasteiger partial charge on any atom is -0.329 e. The molecule has 0 aliphatic rings. The molecule has 4 N–H and O–H groups in total. The van der Waals surface area contributed by atoms with E-state index < -0.39 is 0 Å². The molecular formula is C15H17N5S. The molecule has 0 saturated carbocycles. The molecule has 0 amide bonds. The van der Waals surface area contributed by atoms with Crippen molar-refractivity contribution in [3.05, 3.63) is 40.7 Å². The zero-order valence-electron chi connectivity index (χ0n) is 12.0. The Morgan fingerprint density at radius 2 is 1.90 bits per heavy atom. The van der Waals surface area contributed by atoms with Gasteiger partial charge in [0.1, 0.15) is 0 Å². The topological polar surface area (TPSA) is 90.7 Å². The second-order valence-electron chi connectivity index (χ2n) is 4.97. The Hall–Kier alpha value is -1.89. The number of nitrogens with zero attached hydrogens (tertiary/aromatic N) is 3. The number of nitrogens with two attached hydrogens (primary N) is 2. The second-order valence-corrected chi connectivity index (χ2v) is 6.20. The summed E-state index contributed by atoms with van der Waals surface area (Å²) < 4.78 is 1.04. The van der Waals surface area contributed by atoms with Gasteiger partial charge in [-0.25, -0.2) is 9.97 Å². The molecule has 0 aromatic carbocycles. The van der Waals surface area contributed by atoms with Crippen LogP contribution >= 0.6 is 11.3 Å². The Labute approximate surface area is 127 Å². The molecule has 1 atom stereocenters. The highest BCUT2D eigenvalue weighted by Crippen LogP contribution is 2.34. The van der Waals surface area contributed by atoms with Gasteiger partial charge in [-0.2, -0.15) is 0 Å². The first-order chi connectivity index (χ1) is 10.1. The summed E-state index contributed by atoms with van der Waals surface area (Å²) in [6.07, 6.45) is 3.47. The molecule has 0 aliphatic carbocycles. The Kier molecular flexibility index (Phi) is 3.67. The summed E-state index contributed by atoms with van der Waals surface area (Å²) in [6.45, 7) is 4.53. The molecule has 3 aromatic rings. The Bertz CT molecular complexity index is 782. The van der Waals surface area contributed by atoms with Gasteiger partial charge in [-0.05, 0) is 31.5 Å². The van der Waals surface area contributed by atoms with Gasteiger partial charge in [-0.15, -0.1) is 11.3 Å².